The molecule has 0 radical (unpaired) electrons. The molecule has 0 aliphatic carbocycles. The number of rotatable bonds is 8. The Bertz CT molecular complexity index is 474. The molecule has 6 nitrogen and oxygen atoms in total. The highest BCUT2D eigenvalue weighted by Crippen LogP contribution is 1.98. The lowest BCUT2D eigenvalue weighted by atomic mass is 10.1. The summed E-state index contributed by atoms with van der Waals surface area (Å²) in [6, 6.07) is 9.42. The molecule has 1 rings (SSSR count). The Kier molecular flexibility index (Phi) is 7.56. The van der Waals surface area contributed by atoms with Gasteiger partial charge in [0, 0.05) is 33.0 Å². The summed E-state index contributed by atoms with van der Waals surface area (Å²) in [7, 11) is 0. The van der Waals surface area contributed by atoms with Crippen molar-refractivity contribution in [3.05, 3.63) is 35.9 Å². The Labute approximate surface area is 124 Å². The summed E-state index contributed by atoms with van der Waals surface area (Å²) in [5, 5.41) is 7.94. The standard InChI is InChI=1S/C15H21N3O3/c1-12(19)16-9-10-18-14(20)7-8-17-15(21)11-13-5-3-2-4-6-13/h2-6H,7-11H2,1H3,(H,16,19)(H,17,21)(H,18,20). The predicted molar refractivity (Wildman–Crippen MR) is 79.5 cm³/mol. The van der Waals surface area contributed by atoms with Crippen molar-refractivity contribution in [2.45, 2.75) is 19.8 Å². The van der Waals surface area contributed by atoms with Gasteiger partial charge < -0.3 is 16.0 Å². The summed E-state index contributed by atoms with van der Waals surface area (Å²) >= 11 is 0. The summed E-state index contributed by atoms with van der Waals surface area (Å²) in [4.78, 5) is 33.7. The molecule has 0 aliphatic heterocycles. The number of benzene rings is 1. The van der Waals surface area contributed by atoms with Gasteiger partial charge in [0.1, 0.15) is 0 Å². The van der Waals surface area contributed by atoms with Crippen LogP contribution in [-0.2, 0) is 20.8 Å². The van der Waals surface area contributed by atoms with Gasteiger partial charge in [-0.25, -0.2) is 0 Å². The van der Waals surface area contributed by atoms with Gasteiger partial charge in [0.05, 0.1) is 6.42 Å². The van der Waals surface area contributed by atoms with E-state index in [0.717, 1.165) is 5.56 Å². The van der Waals surface area contributed by atoms with Gasteiger partial charge in [0.25, 0.3) is 0 Å². The second-order valence-electron chi connectivity index (χ2n) is 4.60. The summed E-state index contributed by atoms with van der Waals surface area (Å²) in [6.07, 6.45) is 0.533. The Balaban J connectivity index is 2.08. The molecule has 0 aliphatic rings. The zero-order chi connectivity index (χ0) is 15.5. The topological polar surface area (TPSA) is 87.3 Å². The van der Waals surface area contributed by atoms with Gasteiger partial charge in [0.15, 0.2) is 0 Å². The lowest BCUT2D eigenvalue weighted by molar-refractivity contribution is -0.123. The maximum Gasteiger partial charge on any atom is 0.224 e. The van der Waals surface area contributed by atoms with E-state index in [2.05, 4.69) is 16.0 Å². The second-order valence-corrected chi connectivity index (χ2v) is 4.60. The van der Waals surface area contributed by atoms with E-state index in [1.54, 1.807) is 0 Å². The monoisotopic (exact) mass is 291 g/mol. The smallest absolute Gasteiger partial charge is 0.224 e. The second kappa shape index (κ2) is 9.52. The number of amides is 3. The maximum absolute atomic E-state index is 11.6. The van der Waals surface area contributed by atoms with E-state index >= 15 is 0 Å². The van der Waals surface area contributed by atoms with Crippen LogP contribution in [0.15, 0.2) is 30.3 Å². The Morgan fingerprint density at radius 3 is 2.14 bits per heavy atom. The van der Waals surface area contributed by atoms with E-state index in [0.29, 0.717) is 26.1 Å². The van der Waals surface area contributed by atoms with Gasteiger partial charge in [-0.1, -0.05) is 30.3 Å². The van der Waals surface area contributed by atoms with Crippen molar-refractivity contribution in [1.29, 1.82) is 0 Å². The van der Waals surface area contributed by atoms with Crippen LogP contribution in [0.2, 0.25) is 0 Å². The number of carbonyl (C=O) groups excluding carboxylic acids is 3. The number of carbonyl (C=O) groups is 3. The highest BCUT2D eigenvalue weighted by molar-refractivity contribution is 5.80. The first-order valence-electron chi connectivity index (χ1n) is 6.89. The van der Waals surface area contributed by atoms with Gasteiger partial charge in [-0.2, -0.15) is 0 Å². The van der Waals surface area contributed by atoms with Gasteiger partial charge in [-0.05, 0) is 5.56 Å². The molecular formula is C15H21N3O3. The zero-order valence-electron chi connectivity index (χ0n) is 12.1. The highest BCUT2D eigenvalue weighted by Gasteiger charge is 2.04. The predicted octanol–water partition coefficient (Wildman–Crippen LogP) is -0.0123. The van der Waals surface area contributed by atoms with Crippen LogP contribution in [0.3, 0.4) is 0 Å². The molecule has 1 aromatic carbocycles. The highest BCUT2D eigenvalue weighted by atomic mass is 16.2. The summed E-state index contributed by atoms with van der Waals surface area (Å²) in [5.41, 5.74) is 0.940. The van der Waals surface area contributed by atoms with Gasteiger partial charge in [-0.3, -0.25) is 14.4 Å². The minimum Gasteiger partial charge on any atom is -0.355 e. The first kappa shape index (κ1) is 16.7. The van der Waals surface area contributed by atoms with E-state index < -0.39 is 0 Å². The molecule has 0 saturated heterocycles. The first-order valence-corrected chi connectivity index (χ1v) is 6.89. The average Bonchev–Trinajstić information content (AvgIpc) is 2.44. The van der Waals surface area contributed by atoms with Gasteiger partial charge in [-0.15, -0.1) is 0 Å². The van der Waals surface area contributed by atoms with Crippen molar-refractivity contribution in [2.75, 3.05) is 19.6 Å². The van der Waals surface area contributed by atoms with Crippen molar-refractivity contribution in [3.8, 4) is 0 Å². The number of hydrogen-bond acceptors (Lipinski definition) is 3. The van der Waals surface area contributed by atoms with Crippen molar-refractivity contribution < 1.29 is 14.4 Å². The Morgan fingerprint density at radius 2 is 1.48 bits per heavy atom. The van der Waals surface area contributed by atoms with Crippen LogP contribution in [0.4, 0.5) is 0 Å². The molecule has 0 spiro atoms. The molecule has 3 amide bonds. The Hall–Kier alpha value is -2.37. The molecule has 21 heavy (non-hydrogen) atoms. The quantitative estimate of drug-likeness (QED) is 0.589. The lowest BCUT2D eigenvalue weighted by Gasteiger charge is -2.07. The molecule has 3 N–H and O–H groups in total. The Morgan fingerprint density at radius 1 is 0.857 bits per heavy atom. The zero-order valence-corrected chi connectivity index (χ0v) is 12.1. The molecule has 0 bridgehead atoms. The third-order valence-corrected chi connectivity index (χ3v) is 2.70. The molecular weight excluding hydrogens is 270 g/mol. The molecule has 6 heteroatoms. The lowest BCUT2D eigenvalue weighted by Crippen LogP contribution is -2.35. The van der Waals surface area contributed by atoms with E-state index in [1.165, 1.54) is 6.92 Å². The van der Waals surface area contributed by atoms with E-state index in [1.807, 2.05) is 30.3 Å². The number of hydrogen-bond donors (Lipinski definition) is 3. The molecule has 0 heterocycles. The molecule has 114 valence electrons. The SMILES string of the molecule is CC(=O)NCCNC(=O)CCNC(=O)Cc1ccccc1. The van der Waals surface area contributed by atoms with E-state index in [9.17, 15) is 14.4 Å². The van der Waals surface area contributed by atoms with Crippen LogP contribution in [-0.4, -0.2) is 37.4 Å². The summed E-state index contributed by atoms with van der Waals surface area (Å²) in [6.45, 7) is 2.51. The maximum atomic E-state index is 11.6. The van der Waals surface area contributed by atoms with Crippen LogP contribution in [0.25, 0.3) is 0 Å². The van der Waals surface area contributed by atoms with Crippen molar-refractivity contribution >= 4 is 17.7 Å². The van der Waals surface area contributed by atoms with E-state index in [4.69, 9.17) is 0 Å². The first-order chi connectivity index (χ1) is 10.1. The van der Waals surface area contributed by atoms with E-state index in [-0.39, 0.29) is 24.1 Å². The molecule has 0 aromatic heterocycles. The van der Waals surface area contributed by atoms with Crippen LogP contribution in [0.5, 0.6) is 0 Å². The van der Waals surface area contributed by atoms with Gasteiger partial charge >= 0.3 is 0 Å². The van der Waals surface area contributed by atoms with Crippen LogP contribution in [0, 0.1) is 0 Å². The van der Waals surface area contributed by atoms with Crippen LogP contribution in [0.1, 0.15) is 18.9 Å². The summed E-state index contributed by atoms with van der Waals surface area (Å²) in [5.74, 6) is -0.384. The molecule has 0 atom stereocenters. The summed E-state index contributed by atoms with van der Waals surface area (Å²) < 4.78 is 0. The normalized spacial score (nSPS) is 9.76. The number of nitrogens with one attached hydrogen (secondary N) is 3. The fourth-order valence-electron chi connectivity index (χ4n) is 1.69. The molecule has 0 fully saturated rings. The molecule has 0 saturated carbocycles. The molecule has 0 unspecified atom stereocenters. The van der Waals surface area contributed by atoms with Crippen molar-refractivity contribution in [1.82, 2.24) is 16.0 Å². The average molecular weight is 291 g/mol. The van der Waals surface area contributed by atoms with Crippen LogP contribution < -0.4 is 16.0 Å². The van der Waals surface area contributed by atoms with Gasteiger partial charge in [0.2, 0.25) is 17.7 Å². The fourth-order valence-corrected chi connectivity index (χ4v) is 1.69. The minimum atomic E-state index is -0.152. The fraction of sp³-hybridized carbons (Fsp3) is 0.400. The van der Waals surface area contributed by atoms with Crippen LogP contribution >= 0.6 is 0 Å². The van der Waals surface area contributed by atoms with Crippen molar-refractivity contribution in [2.24, 2.45) is 0 Å². The largest absolute Gasteiger partial charge is 0.355 e. The third kappa shape index (κ3) is 8.41. The van der Waals surface area contributed by atoms with Crippen molar-refractivity contribution in [3.63, 3.8) is 0 Å². The minimum absolute atomic E-state index is 0.104. The third-order valence-electron chi connectivity index (χ3n) is 2.70. The molecule has 1 aromatic rings.